The molecular weight excluding hydrogens is 320 g/mol. The van der Waals surface area contributed by atoms with Crippen LogP contribution in [-0.2, 0) is 14.3 Å². The molecule has 0 N–H and O–H groups in total. The van der Waals surface area contributed by atoms with Crippen LogP contribution >= 0.6 is 11.6 Å². The maximum Gasteiger partial charge on any atom is 0.344 e. The first-order valence-corrected chi connectivity index (χ1v) is 7.81. The van der Waals surface area contributed by atoms with Gasteiger partial charge in [-0.2, -0.15) is 0 Å². The average molecular weight is 343 g/mol. The van der Waals surface area contributed by atoms with Crippen molar-refractivity contribution in [2.75, 3.05) is 31.7 Å². The molecule has 0 amide bonds. The van der Waals surface area contributed by atoms with Gasteiger partial charge < -0.3 is 19.1 Å². The Balaban J connectivity index is 1.92. The van der Waals surface area contributed by atoms with Crippen molar-refractivity contribution in [3.63, 3.8) is 0 Å². The van der Waals surface area contributed by atoms with Crippen LogP contribution in [0.4, 0.5) is 5.82 Å². The third-order valence-corrected chi connectivity index (χ3v) is 3.70. The van der Waals surface area contributed by atoms with E-state index in [1.807, 2.05) is 13.0 Å². The molecule has 1 fully saturated rings. The Labute approximate surface area is 141 Å². The van der Waals surface area contributed by atoms with Gasteiger partial charge in [-0.25, -0.2) is 9.78 Å². The molecule has 6 nitrogen and oxygen atoms in total. The van der Waals surface area contributed by atoms with E-state index in [0.29, 0.717) is 5.75 Å². The van der Waals surface area contributed by atoms with Crippen LogP contribution in [0.15, 0.2) is 12.1 Å². The molecule has 7 heteroatoms. The lowest BCUT2D eigenvalue weighted by atomic mass is 9.96. The lowest BCUT2D eigenvalue weighted by Crippen LogP contribution is -2.61. The van der Waals surface area contributed by atoms with Gasteiger partial charge in [0.25, 0.3) is 0 Å². The second-order valence-electron chi connectivity index (χ2n) is 6.84. The highest BCUT2D eigenvalue weighted by molar-refractivity contribution is 6.31. The van der Waals surface area contributed by atoms with Crippen LogP contribution in [0, 0.1) is 0 Å². The quantitative estimate of drug-likeness (QED) is 0.605. The third-order valence-electron chi connectivity index (χ3n) is 3.43. The van der Waals surface area contributed by atoms with E-state index in [9.17, 15) is 4.79 Å². The predicted molar refractivity (Wildman–Crippen MR) is 88.2 cm³/mol. The van der Waals surface area contributed by atoms with Gasteiger partial charge in [0, 0.05) is 20.2 Å². The molecule has 0 bridgehead atoms. The molecule has 23 heavy (non-hydrogen) atoms. The van der Waals surface area contributed by atoms with E-state index in [2.05, 4.69) is 9.88 Å². The standard InChI is InChI=1S/C16H23ClN2O4/c1-15(2,3)23-13(20)8-22-11-6-7-12(18-14(11)17)19-9-16(4,10-19)21-5/h6-7H,8-10H2,1-5H3. The van der Waals surface area contributed by atoms with Crippen LogP contribution in [0.1, 0.15) is 27.7 Å². The van der Waals surface area contributed by atoms with E-state index in [0.717, 1.165) is 18.9 Å². The summed E-state index contributed by atoms with van der Waals surface area (Å²) in [5, 5.41) is 0.220. The van der Waals surface area contributed by atoms with Crippen molar-refractivity contribution in [3.8, 4) is 5.75 Å². The number of esters is 1. The van der Waals surface area contributed by atoms with Crippen molar-refractivity contribution < 1.29 is 19.0 Å². The normalized spacial score (nSPS) is 16.7. The van der Waals surface area contributed by atoms with E-state index in [4.69, 9.17) is 25.8 Å². The van der Waals surface area contributed by atoms with Crippen molar-refractivity contribution in [1.82, 2.24) is 4.98 Å². The van der Waals surface area contributed by atoms with E-state index in [1.54, 1.807) is 33.9 Å². The minimum atomic E-state index is -0.544. The van der Waals surface area contributed by atoms with Crippen LogP contribution in [0.2, 0.25) is 5.15 Å². The van der Waals surface area contributed by atoms with Crippen molar-refractivity contribution in [3.05, 3.63) is 17.3 Å². The van der Waals surface area contributed by atoms with Crippen LogP contribution in [0.5, 0.6) is 5.75 Å². The maximum absolute atomic E-state index is 11.6. The largest absolute Gasteiger partial charge is 0.479 e. The fourth-order valence-corrected chi connectivity index (χ4v) is 2.46. The van der Waals surface area contributed by atoms with E-state index < -0.39 is 11.6 Å². The fourth-order valence-electron chi connectivity index (χ4n) is 2.26. The minimum Gasteiger partial charge on any atom is -0.479 e. The van der Waals surface area contributed by atoms with Gasteiger partial charge in [-0.05, 0) is 39.8 Å². The summed E-state index contributed by atoms with van der Waals surface area (Å²) in [5.41, 5.74) is -0.683. The Kier molecular flexibility index (Phi) is 5.06. The fraction of sp³-hybridized carbons (Fsp3) is 0.625. The Bertz CT molecular complexity index is 580. The Morgan fingerprint density at radius 2 is 2.04 bits per heavy atom. The summed E-state index contributed by atoms with van der Waals surface area (Å²) >= 11 is 6.13. The average Bonchev–Trinajstić information content (AvgIpc) is 2.40. The smallest absolute Gasteiger partial charge is 0.344 e. The van der Waals surface area contributed by atoms with Crippen LogP contribution in [0.3, 0.4) is 0 Å². The Morgan fingerprint density at radius 3 is 2.57 bits per heavy atom. The molecule has 1 aliphatic rings. The maximum atomic E-state index is 11.6. The molecule has 2 heterocycles. The summed E-state index contributed by atoms with van der Waals surface area (Å²) in [7, 11) is 1.70. The molecule has 2 rings (SSSR count). The topological polar surface area (TPSA) is 60.9 Å². The molecule has 1 aromatic heterocycles. The molecule has 1 saturated heterocycles. The minimum absolute atomic E-state index is 0.139. The monoisotopic (exact) mass is 342 g/mol. The summed E-state index contributed by atoms with van der Waals surface area (Å²) in [6.45, 7) is 8.75. The second-order valence-corrected chi connectivity index (χ2v) is 7.20. The molecule has 0 aliphatic carbocycles. The summed E-state index contributed by atoms with van der Waals surface area (Å²) in [6.07, 6.45) is 0. The molecular formula is C16H23ClN2O4. The van der Waals surface area contributed by atoms with E-state index >= 15 is 0 Å². The number of hydrogen-bond acceptors (Lipinski definition) is 6. The van der Waals surface area contributed by atoms with Gasteiger partial charge in [0.05, 0.1) is 5.60 Å². The van der Waals surface area contributed by atoms with E-state index in [1.165, 1.54) is 0 Å². The van der Waals surface area contributed by atoms with Gasteiger partial charge in [-0.1, -0.05) is 11.6 Å². The van der Waals surface area contributed by atoms with Gasteiger partial charge in [-0.15, -0.1) is 0 Å². The number of pyridine rings is 1. The summed E-state index contributed by atoms with van der Waals surface area (Å²) in [4.78, 5) is 18.0. The Morgan fingerprint density at radius 1 is 1.39 bits per heavy atom. The molecule has 128 valence electrons. The number of methoxy groups -OCH3 is 1. The van der Waals surface area contributed by atoms with Crippen LogP contribution in [0.25, 0.3) is 0 Å². The van der Waals surface area contributed by atoms with Gasteiger partial charge in [0.2, 0.25) is 0 Å². The van der Waals surface area contributed by atoms with Gasteiger partial charge in [-0.3, -0.25) is 0 Å². The second kappa shape index (κ2) is 6.53. The number of carbonyl (C=O) groups is 1. The summed E-state index contributed by atoms with van der Waals surface area (Å²) < 4.78 is 16.0. The third kappa shape index (κ3) is 4.72. The number of hydrogen-bond donors (Lipinski definition) is 0. The number of rotatable bonds is 5. The van der Waals surface area contributed by atoms with Gasteiger partial charge >= 0.3 is 5.97 Å². The van der Waals surface area contributed by atoms with Crippen molar-refractivity contribution in [1.29, 1.82) is 0 Å². The highest BCUT2D eigenvalue weighted by Gasteiger charge is 2.39. The number of ether oxygens (including phenoxy) is 3. The molecule has 0 unspecified atom stereocenters. The van der Waals surface area contributed by atoms with Gasteiger partial charge in [0.1, 0.15) is 11.4 Å². The lowest BCUT2D eigenvalue weighted by molar-refractivity contribution is -0.157. The van der Waals surface area contributed by atoms with Gasteiger partial charge in [0.15, 0.2) is 17.5 Å². The van der Waals surface area contributed by atoms with Crippen molar-refractivity contribution in [2.45, 2.75) is 38.9 Å². The van der Waals surface area contributed by atoms with Crippen LogP contribution in [-0.4, -0.2) is 49.0 Å². The molecule has 1 aliphatic heterocycles. The summed E-state index contributed by atoms with van der Waals surface area (Å²) in [6, 6.07) is 3.52. The first kappa shape index (κ1) is 17.8. The number of anilines is 1. The SMILES string of the molecule is COC1(C)CN(c2ccc(OCC(=O)OC(C)(C)C)c(Cl)n2)C1. The first-order valence-electron chi connectivity index (χ1n) is 7.43. The zero-order valence-corrected chi connectivity index (χ0v) is 14.9. The first-order chi connectivity index (χ1) is 10.6. The molecule has 0 saturated carbocycles. The number of carbonyl (C=O) groups excluding carboxylic acids is 1. The highest BCUT2D eigenvalue weighted by Crippen LogP contribution is 2.32. The number of aromatic nitrogens is 1. The lowest BCUT2D eigenvalue weighted by Gasteiger charge is -2.47. The molecule has 0 aromatic carbocycles. The number of nitrogens with zero attached hydrogens (tertiary/aromatic N) is 2. The van der Waals surface area contributed by atoms with Crippen LogP contribution < -0.4 is 9.64 Å². The van der Waals surface area contributed by atoms with E-state index in [-0.39, 0.29) is 17.4 Å². The van der Waals surface area contributed by atoms with Crippen molar-refractivity contribution in [2.24, 2.45) is 0 Å². The summed E-state index contributed by atoms with van der Waals surface area (Å²) in [5.74, 6) is 0.668. The number of halogens is 1. The van der Waals surface area contributed by atoms with Crippen molar-refractivity contribution >= 4 is 23.4 Å². The molecule has 1 aromatic rings. The highest BCUT2D eigenvalue weighted by atomic mass is 35.5. The molecule has 0 spiro atoms. The molecule has 0 atom stereocenters. The zero-order valence-electron chi connectivity index (χ0n) is 14.2. The predicted octanol–water partition coefficient (Wildman–Crippen LogP) is 2.68. The zero-order chi connectivity index (χ0) is 17.3. The molecule has 0 radical (unpaired) electrons. The Hall–Kier alpha value is -1.53.